The molecule has 4 nitrogen and oxygen atoms in total. The molecule has 0 aliphatic carbocycles. The number of benzene rings is 1. The second-order valence-electron chi connectivity index (χ2n) is 5.01. The molecule has 1 aromatic rings. The van der Waals surface area contributed by atoms with E-state index in [1.54, 1.807) is 6.07 Å². The molecule has 0 spiro atoms. The fraction of sp³-hybridized carbons (Fsp3) is 0.600. The minimum atomic E-state index is -3.49. The van der Waals surface area contributed by atoms with Gasteiger partial charge in [0.05, 0.1) is 4.90 Å². The molecule has 0 saturated carbocycles. The maximum Gasteiger partial charge on any atom is 0.241 e. The van der Waals surface area contributed by atoms with E-state index in [4.69, 9.17) is 5.73 Å². The van der Waals surface area contributed by atoms with Gasteiger partial charge in [0.25, 0.3) is 0 Å². The van der Waals surface area contributed by atoms with E-state index in [0.717, 1.165) is 29.1 Å². The van der Waals surface area contributed by atoms with Crippen molar-refractivity contribution in [3.8, 4) is 0 Å². The first-order chi connectivity index (χ1) is 9.94. The Labute approximate surface area is 132 Å². The standard InChI is InChI=1S/C15H26N2O2S2/c1-4-14-7-6-13(11-16)10-15(14)21(18,19)17-12(3)8-9-20-5-2/h6-7,10,12,17H,4-5,8-9,11,16H2,1-3H3. The molecular formula is C15H26N2O2S2. The zero-order valence-corrected chi connectivity index (χ0v) is 14.7. The van der Waals surface area contributed by atoms with Crippen LogP contribution in [0, 0.1) is 0 Å². The summed E-state index contributed by atoms with van der Waals surface area (Å²) < 4.78 is 27.9. The van der Waals surface area contributed by atoms with Gasteiger partial charge in [-0.05, 0) is 48.5 Å². The molecule has 0 aromatic heterocycles. The van der Waals surface area contributed by atoms with Gasteiger partial charge in [0.1, 0.15) is 0 Å². The highest BCUT2D eigenvalue weighted by atomic mass is 32.2. The number of hydrogen-bond donors (Lipinski definition) is 2. The van der Waals surface area contributed by atoms with Crippen molar-refractivity contribution >= 4 is 21.8 Å². The van der Waals surface area contributed by atoms with Gasteiger partial charge in [-0.3, -0.25) is 0 Å². The SMILES string of the molecule is CCSCCC(C)NS(=O)(=O)c1cc(CN)ccc1CC. The second-order valence-corrected chi connectivity index (χ2v) is 8.08. The Balaban J connectivity index is 2.91. The lowest BCUT2D eigenvalue weighted by Gasteiger charge is -2.16. The monoisotopic (exact) mass is 330 g/mol. The summed E-state index contributed by atoms with van der Waals surface area (Å²) >= 11 is 1.82. The fourth-order valence-electron chi connectivity index (χ4n) is 2.06. The summed E-state index contributed by atoms with van der Waals surface area (Å²) in [6.45, 7) is 6.31. The molecule has 1 atom stereocenters. The van der Waals surface area contributed by atoms with Gasteiger partial charge in [-0.15, -0.1) is 0 Å². The van der Waals surface area contributed by atoms with Crippen LogP contribution in [0.4, 0.5) is 0 Å². The molecule has 0 amide bonds. The topological polar surface area (TPSA) is 72.2 Å². The molecule has 6 heteroatoms. The lowest BCUT2D eigenvalue weighted by molar-refractivity contribution is 0.556. The maximum absolute atomic E-state index is 12.6. The van der Waals surface area contributed by atoms with Crippen LogP contribution in [0.1, 0.15) is 38.3 Å². The average Bonchev–Trinajstić information content (AvgIpc) is 2.46. The molecule has 1 unspecified atom stereocenters. The predicted octanol–water partition coefficient (Wildman–Crippen LogP) is 2.52. The van der Waals surface area contributed by atoms with Gasteiger partial charge >= 0.3 is 0 Å². The van der Waals surface area contributed by atoms with Gasteiger partial charge in [0.15, 0.2) is 0 Å². The van der Waals surface area contributed by atoms with Crippen molar-refractivity contribution in [3.63, 3.8) is 0 Å². The zero-order chi connectivity index (χ0) is 15.9. The molecular weight excluding hydrogens is 304 g/mol. The molecule has 0 heterocycles. The van der Waals surface area contributed by atoms with E-state index in [0.29, 0.717) is 17.9 Å². The molecule has 0 aliphatic rings. The van der Waals surface area contributed by atoms with Crippen LogP contribution in [0.3, 0.4) is 0 Å². The largest absolute Gasteiger partial charge is 0.326 e. The summed E-state index contributed by atoms with van der Waals surface area (Å²) in [5, 5.41) is 0. The van der Waals surface area contributed by atoms with E-state index in [1.807, 2.05) is 37.7 Å². The molecule has 3 N–H and O–H groups in total. The lowest BCUT2D eigenvalue weighted by Crippen LogP contribution is -2.33. The van der Waals surface area contributed by atoms with Crippen LogP contribution >= 0.6 is 11.8 Å². The van der Waals surface area contributed by atoms with Crippen molar-refractivity contribution in [2.24, 2.45) is 5.73 Å². The van der Waals surface area contributed by atoms with Gasteiger partial charge in [-0.25, -0.2) is 13.1 Å². The number of sulfonamides is 1. The smallest absolute Gasteiger partial charge is 0.241 e. The van der Waals surface area contributed by atoms with Crippen LogP contribution < -0.4 is 10.5 Å². The molecule has 0 radical (unpaired) electrons. The van der Waals surface area contributed by atoms with Gasteiger partial charge < -0.3 is 5.73 Å². The van der Waals surface area contributed by atoms with Crippen LogP contribution in [0.2, 0.25) is 0 Å². The fourth-order valence-corrected chi connectivity index (χ4v) is 4.51. The first-order valence-electron chi connectivity index (χ1n) is 7.36. The first-order valence-corrected chi connectivity index (χ1v) is 10.00. The zero-order valence-electron chi connectivity index (χ0n) is 13.1. The lowest BCUT2D eigenvalue weighted by atomic mass is 10.1. The van der Waals surface area contributed by atoms with Crippen molar-refractivity contribution in [2.75, 3.05) is 11.5 Å². The molecule has 0 aliphatic heterocycles. The highest BCUT2D eigenvalue weighted by molar-refractivity contribution is 7.99. The number of nitrogens with two attached hydrogens (primary N) is 1. The highest BCUT2D eigenvalue weighted by Crippen LogP contribution is 2.19. The highest BCUT2D eigenvalue weighted by Gasteiger charge is 2.20. The molecule has 0 fully saturated rings. The number of nitrogens with one attached hydrogen (secondary N) is 1. The van der Waals surface area contributed by atoms with Crippen molar-refractivity contribution in [3.05, 3.63) is 29.3 Å². The Morgan fingerprint density at radius 1 is 1.33 bits per heavy atom. The summed E-state index contributed by atoms with van der Waals surface area (Å²) in [5.41, 5.74) is 7.28. The Hall–Kier alpha value is -0.560. The number of hydrogen-bond acceptors (Lipinski definition) is 4. The molecule has 120 valence electrons. The summed E-state index contributed by atoms with van der Waals surface area (Å²) in [5.74, 6) is 2.02. The van der Waals surface area contributed by atoms with Crippen LogP contribution in [0.5, 0.6) is 0 Å². The van der Waals surface area contributed by atoms with E-state index in [9.17, 15) is 8.42 Å². The van der Waals surface area contributed by atoms with Gasteiger partial charge in [-0.2, -0.15) is 11.8 Å². The Morgan fingerprint density at radius 2 is 2.05 bits per heavy atom. The van der Waals surface area contributed by atoms with E-state index in [-0.39, 0.29) is 6.04 Å². The Morgan fingerprint density at radius 3 is 2.62 bits per heavy atom. The van der Waals surface area contributed by atoms with Crippen molar-refractivity contribution < 1.29 is 8.42 Å². The van der Waals surface area contributed by atoms with E-state index in [2.05, 4.69) is 11.6 Å². The third-order valence-corrected chi connectivity index (χ3v) is 5.90. The quantitative estimate of drug-likeness (QED) is 0.683. The molecule has 0 bridgehead atoms. The van der Waals surface area contributed by atoms with Gasteiger partial charge in [0, 0.05) is 12.6 Å². The molecule has 0 saturated heterocycles. The van der Waals surface area contributed by atoms with Crippen molar-refractivity contribution in [2.45, 2.75) is 51.1 Å². The van der Waals surface area contributed by atoms with E-state index >= 15 is 0 Å². The van der Waals surface area contributed by atoms with Crippen LogP contribution in [-0.4, -0.2) is 26.0 Å². The normalized spacial score (nSPS) is 13.3. The summed E-state index contributed by atoms with van der Waals surface area (Å²) in [4.78, 5) is 0.364. The second kappa shape index (κ2) is 8.78. The minimum Gasteiger partial charge on any atom is -0.326 e. The maximum atomic E-state index is 12.6. The van der Waals surface area contributed by atoms with Gasteiger partial charge in [0.2, 0.25) is 10.0 Å². The third-order valence-electron chi connectivity index (χ3n) is 3.29. The Kier molecular flexibility index (Phi) is 7.73. The first kappa shape index (κ1) is 18.5. The van der Waals surface area contributed by atoms with E-state index in [1.165, 1.54) is 0 Å². The van der Waals surface area contributed by atoms with E-state index < -0.39 is 10.0 Å². The molecule has 1 aromatic carbocycles. The van der Waals surface area contributed by atoms with Crippen molar-refractivity contribution in [1.29, 1.82) is 0 Å². The third kappa shape index (κ3) is 5.62. The predicted molar refractivity (Wildman–Crippen MR) is 91.1 cm³/mol. The number of aryl methyl sites for hydroxylation is 1. The van der Waals surface area contributed by atoms with Crippen LogP contribution in [0.15, 0.2) is 23.1 Å². The summed E-state index contributed by atoms with van der Waals surface area (Å²) in [7, 11) is -3.49. The summed E-state index contributed by atoms with van der Waals surface area (Å²) in [6.07, 6.45) is 1.51. The Bertz CT molecular complexity index is 545. The van der Waals surface area contributed by atoms with Crippen LogP contribution in [-0.2, 0) is 23.0 Å². The minimum absolute atomic E-state index is 0.0692. The average molecular weight is 331 g/mol. The van der Waals surface area contributed by atoms with Gasteiger partial charge in [-0.1, -0.05) is 26.0 Å². The molecule has 1 rings (SSSR count). The molecule has 21 heavy (non-hydrogen) atoms. The summed E-state index contributed by atoms with van der Waals surface area (Å²) in [6, 6.07) is 5.36. The van der Waals surface area contributed by atoms with Crippen molar-refractivity contribution in [1.82, 2.24) is 4.72 Å². The number of thioether (sulfide) groups is 1. The number of rotatable bonds is 9. The van der Waals surface area contributed by atoms with Crippen LogP contribution in [0.25, 0.3) is 0 Å².